The summed E-state index contributed by atoms with van der Waals surface area (Å²) in [5.41, 5.74) is 1.27. The van der Waals surface area contributed by atoms with Crippen molar-refractivity contribution in [3.8, 4) is 0 Å². The lowest BCUT2D eigenvalue weighted by Crippen LogP contribution is -2.60. The second-order valence-electron chi connectivity index (χ2n) is 34.7. The molecule has 3 heterocycles. The Morgan fingerprint density at radius 3 is 1.86 bits per heavy atom. The minimum Gasteiger partial charge on any atom is -0.445 e. The van der Waals surface area contributed by atoms with Crippen LogP contribution in [0.15, 0.2) is 54.6 Å². The molecule has 3 aliphatic heterocycles. The monoisotopic (exact) mass is 1620 g/mol. The summed E-state index contributed by atoms with van der Waals surface area (Å²) < 4.78 is 63.1. The van der Waals surface area contributed by atoms with Crippen LogP contribution in [0.2, 0.25) is 0 Å². The molecule has 6 N–H and O–H groups in total. The minimum atomic E-state index is -4.72. The number of likely N-dealkylation sites (N-methyl/N-ethyl adjacent to an activating group) is 2. The molecular formula is C89H145F3N10O13. The highest BCUT2D eigenvalue weighted by Crippen LogP contribution is 2.52. The summed E-state index contributed by atoms with van der Waals surface area (Å²) in [6.45, 7) is 25.1. The molecule has 2 aromatic rings. The Balaban J connectivity index is 1.05. The Bertz CT molecular complexity index is 3340. The highest BCUT2D eigenvalue weighted by Gasteiger charge is 2.53. The zero-order valence-electron chi connectivity index (χ0n) is 72.4. The smallest absolute Gasteiger partial charge is 0.410 e. The van der Waals surface area contributed by atoms with Crippen molar-refractivity contribution in [2.75, 3.05) is 66.4 Å². The number of aliphatic hydroxyl groups excluding tert-OH is 1. The van der Waals surface area contributed by atoms with E-state index in [1.165, 1.54) is 56.8 Å². The summed E-state index contributed by atoms with van der Waals surface area (Å²) in [6.07, 6.45) is 11.3. The number of carbonyl (C=O) groups is 9. The topological polar surface area (TPSA) is 278 Å². The van der Waals surface area contributed by atoms with Gasteiger partial charge in [0, 0.05) is 53.5 Å². The number of ether oxygens (including phenoxy) is 3. The van der Waals surface area contributed by atoms with Crippen molar-refractivity contribution in [1.29, 1.82) is 0 Å². The quantitative estimate of drug-likeness (QED) is 0.0266. The van der Waals surface area contributed by atoms with Gasteiger partial charge in [-0.3, -0.25) is 53.5 Å². The number of alkyl halides is 3. The Morgan fingerprint density at radius 2 is 1.28 bits per heavy atom. The van der Waals surface area contributed by atoms with Gasteiger partial charge in [0.25, 0.3) is 0 Å². The highest BCUT2D eigenvalue weighted by molar-refractivity contribution is 6.04. The largest absolute Gasteiger partial charge is 0.445 e. The molecule has 650 valence electrons. The summed E-state index contributed by atoms with van der Waals surface area (Å²) in [7, 11) is 6.10. The molecule has 15 atom stereocenters. The number of nitrogens with one attached hydrogen (secondary N) is 5. The number of unbranched alkanes of at least 4 members (excludes halogenated alkanes) is 3. The van der Waals surface area contributed by atoms with Crippen LogP contribution in [-0.4, -0.2) is 211 Å². The van der Waals surface area contributed by atoms with Crippen molar-refractivity contribution in [2.45, 2.75) is 329 Å². The lowest BCUT2D eigenvalue weighted by atomic mass is 9.59. The number of hydrogen-bond donors (Lipinski definition) is 6. The molecule has 0 spiro atoms. The van der Waals surface area contributed by atoms with Gasteiger partial charge in [-0.05, 0) is 162 Å². The van der Waals surface area contributed by atoms with Gasteiger partial charge in [0.05, 0.1) is 60.7 Å². The Hall–Kier alpha value is -6.74. The van der Waals surface area contributed by atoms with Gasteiger partial charge in [-0.15, -0.1) is 0 Å². The van der Waals surface area contributed by atoms with Gasteiger partial charge in [-0.2, -0.15) is 13.2 Å². The fourth-order valence-electron chi connectivity index (χ4n) is 18.5. The van der Waals surface area contributed by atoms with Crippen LogP contribution in [-0.2, 0) is 59.2 Å². The number of halogens is 3. The Kier molecular flexibility index (Phi) is 40.3. The Morgan fingerprint density at radius 1 is 0.643 bits per heavy atom. The molecule has 1 saturated carbocycles. The number of carbonyl (C=O) groups excluding carboxylic acids is 9. The summed E-state index contributed by atoms with van der Waals surface area (Å²) in [5, 5.41) is 25.3. The van der Waals surface area contributed by atoms with Crippen LogP contribution in [0.25, 0.3) is 0 Å². The van der Waals surface area contributed by atoms with Gasteiger partial charge in [-0.25, -0.2) is 4.79 Å². The van der Waals surface area contributed by atoms with E-state index in [1.807, 2.05) is 32.0 Å². The SMILES string of the molecule is CCCCC(CC)(C1CCCCCCCC1)C1CC(=O)N(CCCCC[C@@H](N[C@H](C(=O)NC(CCCN2CCCCC2)C(=O)Nc2ccc(COC(=O)N(C)[C@H](C(=O)N[C@H](C(=O)N(C)[C@@H]([C@@H](C)CC)[C@@H](CC(=O)N3CCC[C@H]3[C@H](OC)[C@@H](C)C(=O)N[C@H](C)[C@@H](O)c3ccccc3)OC)C(C)C)C(C)C)cc2)C(C)C)C(F)(F)F)C1=O. The normalized spacial score (nSPS) is 20.6. The van der Waals surface area contributed by atoms with E-state index in [9.17, 15) is 48.3 Å². The summed E-state index contributed by atoms with van der Waals surface area (Å²) in [4.78, 5) is 137. The first-order valence-corrected chi connectivity index (χ1v) is 43.6. The van der Waals surface area contributed by atoms with E-state index in [0.717, 1.165) is 83.7 Å². The average molecular weight is 1620 g/mol. The van der Waals surface area contributed by atoms with Crippen LogP contribution in [0.1, 0.15) is 267 Å². The van der Waals surface area contributed by atoms with E-state index < -0.39 is 126 Å². The van der Waals surface area contributed by atoms with Gasteiger partial charge in [0.2, 0.25) is 47.3 Å². The van der Waals surface area contributed by atoms with Gasteiger partial charge >= 0.3 is 12.3 Å². The minimum absolute atomic E-state index is 0.0965. The first-order valence-electron chi connectivity index (χ1n) is 43.6. The number of aliphatic hydroxyl groups is 1. The first-order chi connectivity index (χ1) is 54.7. The molecule has 2 aromatic carbocycles. The molecule has 26 heteroatoms. The number of amides is 9. The fourth-order valence-corrected chi connectivity index (χ4v) is 18.5. The highest BCUT2D eigenvalue weighted by atomic mass is 19.4. The number of piperidine rings is 1. The molecule has 1 aliphatic carbocycles. The third kappa shape index (κ3) is 27.7. The van der Waals surface area contributed by atoms with E-state index >= 15 is 13.2 Å². The van der Waals surface area contributed by atoms with Crippen molar-refractivity contribution in [1.82, 2.24) is 45.8 Å². The van der Waals surface area contributed by atoms with E-state index in [2.05, 4.69) is 45.3 Å². The van der Waals surface area contributed by atoms with Crippen LogP contribution >= 0.6 is 0 Å². The van der Waals surface area contributed by atoms with Crippen molar-refractivity contribution in [2.24, 2.45) is 46.8 Å². The molecular weight excluding hydrogens is 1470 g/mol. The summed E-state index contributed by atoms with van der Waals surface area (Å²) >= 11 is 0. The summed E-state index contributed by atoms with van der Waals surface area (Å²) in [6, 6.07) is 7.18. The lowest BCUT2D eigenvalue weighted by molar-refractivity contribution is -0.161. The van der Waals surface area contributed by atoms with Crippen molar-refractivity contribution in [3.05, 3.63) is 65.7 Å². The van der Waals surface area contributed by atoms with Gasteiger partial charge in [0.15, 0.2) is 0 Å². The molecule has 3 unspecified atom stereocenters. The lowest BCUT2D eigenvalue weighted by Gasteiger charge is -2.44. The molecule has 6 rings (SSSR count). The predicted octanol–water partition coefficient (Wildman–Crippen LogP) is 14.1. The molecule has 4 aliphatic rings. The number of anilines is 1. The number of imide groups is 1. The van der Waals surface area contributed by atoms with Crippen LogP contribution in [0, 0.1) is 46.8 Å². The second kappa shape index (κ2) is 47.7. The van der Waals surface area contributed by atoms with Crippen LogP contribution < -0.4 is 26.6 Å². The van der Waals surface area contributed by atoms with E-state index in [1.54, 1.807) is 109 Å². The number of rotatable bonds is 45. The average Bonchev–Trinajstić information content (AvgIpc) is 1.63. The fraction of sp³-hybridized carbons (Fsp3) is 0.764. The molecule has 0 bridgehead atoms. The molecule has 9 amide bonds. The number of nitrogens with zero attached hydrogens (tertiary/aromatic N) is 5. The maximum atomic E-state index is 15.1. The molecule has 0 radical (unpaired) electrons. The zero-order chi connectivity index (χ0) is 84.9. The number of hydrogen-bond acceptors (Lipinski definition) is 15. The number of benzene rings is 2. The molecule has 0 aromatic heterocycles. The third-order valence-electron chi connectivity index (χ3n) is 25.6. The van der Waals surface area contributed by atoms with Crippen LogP contribution in [0.5, 0.6) is 0 Å². The molecule has 3 saturated heterocycles. The van der Waals surface area contributed by atoms with Crippen LogP contribution in [0.4, 0.5) is 23.7 Å². The van der Waals surface area contributed by atoms with Gasteiger partial charge < -0.3 is 55.3 Å². The van der Waals surface area contributed by atoms with Crippen molar-refractivity contribution in [3.63, 3.8) is 0 Å². The van der Waals surface area contributed by atoms with Crippen molar-refractivity contribution < 1.29 is 75.6 Å². The Labute approximate surface area is 685 Å². The first kappa shape index (κ1) is 97.1. The standard InChI is InChI=1S/C89H145F3N10O13/c1-17-20-49-88(19-3,66-40-30-23-21-22-24-31-41-66)68-55-73(103)102(85(68)110)53-35-26-32-44-72(89(90,91)92)96-75(58(4)5)83(108)95-69(42-36-52-100-50-33-27-34-51-100)82(107)94-67-47-45-64(46-48-67)57-115-87(112)99(14)77(60(8)9)84(109)97-76(59(6)7)86(111)98(13)78(61(10)18-2)71(113-15)56-74(104)101-54-37-43-70(101)80(114-16)62(11)81(106)93-63(12)79(105)65-38-28-25-29-39-65/h25,28-29,38-39,45-48,58-63,66,68-72,75-80,96,105H,17-24,26-27,30-37,40-44,49-57H2,1-16H3,(H,93,106)(H,94,107)(H,95,108)(H,97,109)/t61-,62+,63+,68?,69?,70-,71+,72+,75-,76-,77-,78-,79+,80+,88?/m0/s1. The van der Waals surface area contributed by atoms with Crippen molar-refractivity contribution >= 4 is 59.0 Å². The van der Waals surface area contributed by atoms with E-state index in [4.69, 9.17) is 14.2 Å². The maximum Gasteiger partial charge on any atom is 0.410 e. The van der Waals surface area contributed by atoms with E-state index in [-0.39, 0.29) is 86.1 Å². The predicted molar refractivity (Wildman–Crippen MR) is 443 cm³/mol. The van der Waals surface area contributed by atoms with Gasteiger partial charge in [0.1, 0.15) is 30.8 Å². The number of methoxy groups -OCH3 is 2. The zero-order valence-corrected chi connectivity index (χ0v) is 72.4. The van der Waals surface area contributed by atoms with Gasteiger partial charge in [-0.1, -0.05) is 196 Å². The molecule has 23 nitrogen and oxygen atoms in total. The molecule has 4 fully saturated rings. The molecule has 115 heavy (non-hydrogen) atoms. The third-order valence-corrected chi connectivity index (χ3v) is 25.6. The van der Waals surface area contributed by atoms with E-state index in [0.29, 0.717) is 74.3 Å². The van der Waals surface area contributed by atoms with Crippen LogP contribution in [0.3, 0.4) is 0 Å². The number of likely N-dealkylation sites (tertiary alicyclic amines) is 3. The maximum absolute atomic E-state index is 15.1. The second-order valence-corrected chi connectivity index (χ2v) is 34.7. The summed E-state index contributed by atoms with van der Waals surface area (Å²) in [5.74, 6) is -5.62.